The van der Waals surface area contributed by atoms with Crippen LogP contribution in [0.15, 0.2) is 48.5 Å². The molecular formula is C16H20ClN2OP. The summed E-state index contributed by atoms with van der Waals surface area (Å²) in [5, 5.41) is 1.32. The van der Waals surface area contributed by atoms with E-state index in [9.17, 15) is 4.57 Å². The average Bonchev–Trinajstić information content (AvgIpc) is 2.47. The Morgan fingerprint density at radius 2 is 1.19 bits per heavy atom. The highest BCUT2D eigenvalue weighted by molar-refractivity contribution is 8.00. The third-order valence-corrected chi connectivity index (χ3v) is 6.41. The maximum absolute atomic E-state index is 13.1. The van der Waals surface area contributed by atoms with E-state index in [4.69, 9.17) is 11.2 Å². The Balaban J connectivity index is 2.49. The SMILES string of the molecule is CN(C)c1cccc(P(=O)(Cl)c2cccc(N(C)C)c2)c1. The molecule has 112 valence electrons. The van der Waals surface area contributed by atoms with Gasteiger partial charge in [-0.3, -0.25) is 4.57 Å². The molecule has 2 rings (SSSR count). The van der Waals surface area contributed by atoms with E-state index in [1.54, 1.807) is 0 Å². The molecule has 21 heavy (non-hydrogen) atoms. The summed E-state index contributed by atoms with van der Waals surface area (Å²) in [5.41, 5.74) is 1.97. The lowest BCUT2D eigenvalue weighted by Crippen LogP contribution is -2.17. The Kier molecular flexibility index (Phi) is 4.65. The number of halogens is 1. The molecular weight excluding hydrogens is 303 g/mol. The van der Waals surface area contributed by atoms with Crippen molar-refractivity contribution in [1.82, 2.24) is 0 Å². The summed E-state index contributed by atoms with van der Waals surface area (Å²) < 4.78 is 13.1. The van der Waals surface area contributed by atoms with Gasteiger partial charge in [-0.25, -0.2) is 0 Å². The van der Waals surface area contributed by atoms with Gasteiger partial charge in [0.05, 0.1) is 0 Å². The van der Waals surface area contributed by atoms with Crippen molar-refractivity contribution < 1.29 is 4.57 Å². The Labute approximate surface area is 131 Å². The number of rotatable bonds is 4. The molecule has 0 fully saturated rings. The van der Waals surface area contributed by atoms with Gasteiger partial charge in [-0.05, 0) is 47.6 Å². The second-order valence-corrected chi connectivity index (χ2v) is 8.89. The van der Waals surface area contributed by atoms with Crippen LogP contribution in [0.1, 0.15) is 0 Å². The predicted octanol–water partition coefficient (Wildman–Crippen LogP) is 3.29. The van der Waals surface area contributed by atoms with Crippen LogP contribution in [0.5, 0.6) is 0 Å². The summed E-state index contributed by atoms with van der Waals surface area (Å²) >= 11 is 6.46. The molecule has 0 heterocycles. The maximum Gasteiger partial charge on any atom is 0.225 e. The maximum atomic E-state index is 13.1. The lowest BCUT2D eigenvalue weighted by Gasteiger charge is -2.18. The molecule has 2 aromatic carbocycles. The molecule has 0 aliphatic carbocycles. The first kappa shape index (κ1) is 15.9. The fourth-order valence-corrected chi connectivity index (χ4v) is 4.13. The molecule has 0 atom stereocenters. The van der Waals surface area contributed by atoms with Gasteiger partial charge in [0, 0.05) is 50.2 Å². The van der Waals surface area contributed by atoms with E-state index in [1.807, 2.05) is 86.5 Å². The monoisotopic (exact) mass is 322 g/mol. The van der Waals surface area contributed by atoms with E-state index in [0.717, 1.165) is 11.4 Å². The molecule has 0 saturated heterocycles. The van der Waals surface area contributed by atoms with Crippen LogP contribution < -0.4 is 20.4 Å². The van der Waals surface area contributed by atoms with Gasteiger partial charge in [0.25, 0.3) is 0 Å². The zero-order chi connectivity index (χ0) is 15.6. The smallest absolute Gasteiger partial charge is 0.225 e. The molecule has 0 spiro atoms. The molecule has 0 aromatic heterocycles. The normalized spacial score (nSPS) is 11.3. The first-order valence-corrected chi connectivity index (χ1v) is 9.29. The first-order valence-electron chi connectivity index (χ1n) is 6.68. The van der Waals surface area contributed by atoms with Crippen LogP contribution in [0, 0.1) is 0 Å². The number of benzene rings is 2. The zero-order valence-electron chi connectivity index (χ0n) is 12.7. The second-order valence-electron chi connectivity index (χ2n) is 5.36. The van der Waals surface area contributed by atoms with Gasteiger partial charge in [-0.15, -0.1) is 0 Å². The molecule has 5 heteroatoms. The third kappa shape index (κ3) is 3.42. The predicted molar refractivity (Wildman–Crippen MR) is 94.3 cm³/mol. The minimum atomic E-state index is -3.11. The van der Waals surface area contributed by atoms with Crippen molar-refractivity contribution in [2.45, 2.75) is 0 Å². The number of hydrogen-bond donors (Lipinski definition) is 0. The Bertz CT molecular complexity index is 630. The number of anilines is 2. The lowest BCUT2D eigenvalue weighted by molar-refractivity contribution is 0.595. The van der Waals surface area contributed by atoms with E-state index < -0.39 is 6.49 Å². The summed E-state index contributed by atoms with van der Waals surface area (Å²) in [6, 6.07) is 15.1. The largest absolute Gasteiger partial charge is 0.378 e. The molecule has 0 unspecified atom stereocenters. The van der Waals surface area contributed by atoms with Crippen LogP contribution in [0.2, 0.25) is 0 Å². The van der Waals surface area contributed by atoms with Gasteiger partial charge in [0.1, 0.15) is 0 Å². The van der Waals surface area contributed by atoms with E-state index in [0.29, 0.717) is 10.6 Å². The van der Waals surface area contributed by atoms with Crippen molar-refractivity contribution in [2.24, 2.45) is 0 Å². The first-order chi connectivity index (χ1) is 9.82. The molecule has 2 aromatic rings. The highest BCUT2D eigenvalue weighted by Crippen LogP contribution is 2.49. The standard InChI is InChI=1S/C16H20ClN2OP/c1-18(2)13-7-5-9-15(11-13)21(17,20)16-10-6-8-14(12-16)19(3)4/h5-12H,1-4H3. The molecule has 3 nitrogen and oxygen atoms in total. The van der Waals surface area contributed by atoms with Gasteiger partial charge < -0.3 is 9.80 Å². The fraction of sp³-hybridized carbons (Fsp3) is 0.250. The Morgan fingerprint density at radius 3 is 1.52 bits per heavy atom. The topological polar surface area (TPSA) is 23.6 Å². The van der Waals surface area contributed by atoms with Crippen LogP contribution in [0.4, 0.5) is 11.4 Å². The number of nitrogens with zero attached hydrogens (tertiary/aromatic N) is 2. The number of hydrogen-bond acceptors (Lipinski definition) is 3. The van der Waals surface area contributed by atoms with E-state index in [2.05, 4.69) is 0 Å². The van der Waals surface area contributed by atoms with Crippen molar-refractivity contribution in [3.05, 3.63) is 48.5 Å². The zero-order valence-corrected chi connectivity index (χ0v) is 14.4. The highest BCUT2D eigenvalue weighted by atomic mass is 35.7. The summed E-state index contributed by atoms with van der Waals surface area (Å²) in [7, 11) is 7.80. The van der Waals surface area contributed by atoms with E-state index in [1.165, 1.54) is 0 Å². The van der Waals surface area contributed by atoms with Crippen LogP contribution in [0.25, 0.3) is 0 Å². The van der Waals surface area contributed by atoms with Crippen molar-refractivity contribution in [3.8, 4) is 0 Å². The molecule has 0 radical (unpaired) electrons. The quantitative estimate of drug-likeness (QED) is 0.807. The lowest BCUT2D eigenvalue weighted by atomic mass is 10.3. The van der Waals surface area contributed by atoms with Gasteiger partial charge >= 0.3 is 0 Å². The van der Waals surface area contributed by atoms with Crippen molar-refractivity contribution in [3.63, 3.8) is 0 Å². The highest BCUT2D eigenvalue weighted by Gasteiger charge is 2.25. The fourth-order valence-electron chi connectivity index (χ4n) is 2.05. The molecule has 0 amide bonds. The van der Waals surface area contributed by atoms with Crippen molar-refractivity contribution in [2.75, 3.05) is 38.0 Å². The molecule has 0 saturated carbocycles. The second kappa shape index (κ2) is 6.13. The van der Waals surface area contributed by atoms with E-state index in [-0.39, 0.29) is 0 Å². The van der Waals surface area contributed by atoms with Crippen LogP contribution in [-0.4, -0.2) is 28.2 Å². The van der Waals surface area contributed by atoms with Gasteiger partial charge in [0.15, 0.2) is 0 Å². The Morgan fingerprint density at radius 1 is 0.810 bits per heavy atom. The third-order valence-electron chi connectivity index (χ3n) is 3.36. The molecule has 0 N–H and O–H groups in total. The van der Waals surface area contributed by atoms with Gasteiger partial charge in [-0.2, -0.15) is 0 Å². The molecule has 0 aliphatic heterocycles. The van der Waals surface area contributed by atoms with Crippen LogP contribution in [-0.2, 0) is 4.57 Å². The van der Waals surface area contributed by atoms with Crippen LogP contribution in [0.3, 0.4) is 0 Å². The summed E-state index contributed by atoms with van der Waals surface area (Å²) in [6.45, 7) is -3.11. The summed E-state index contributed by atoms with van der Waals surface area (Å²) in [4.78, 5) is 3.94. The minimum Gasteiger partial charge on any atom is -0.378 e. The van der Waals surface area contributed by atoms with Gasteiger partial charge in [-0.1, -0.05) is 12.1 Å². The molecule has 0 aliphatic rings. The Hall–Kier alpha value is -1.44. The average molecular weight is 323 g/mol. The minimum absolute atomic E-state index is 0.659. The van der Waals surface area contributed by atoms with Crippen LogP contribution >= 0.6 is 17.7 Å². The van der Waals surface area contributed by atoms with Crippen molar-refractivity contribution >= 4 is 39.7 Å². The summed E-state index contributed by atoms with van der Waals surface area (Å²) in [5.74, 6) is 0. The molecule has 0 bridgehead atoms. The van der Waals surface area contributed by atoms with Crippen molar-refractivity contribution in [1.29, 1.82) is 0 Å². The summed E-state index contributed by atoms with van der Waals surface area (Å²) in [6.07, 6.45) is 0. The van der Waals surface area contributed by atoms with E-state index >= 15 is 0 Å². The van der Waals surface area contributed by atoms with Gasteiger partial charge in [0.2, 0.25) is 6.49 Å².